The number of amides is 2. The molecule has 2 aromatic carbocycles. The Morgan fingerprint density at radius 3 is 2.04 bits per heavy atom. The Morgan fingerprint density at radius 2 is 1.38 bits per heavy atom. The van der Waals surface area contributed by atoms with Crippen LogP contribution in [0.15, 0.2) is 53.0 Å². The highest BCUT2D eigenvalue weighted by molar-refractivity contribution is 9.10. The molecule has 0 aliphatic rings. The van der Waals surface area contributed by atoms with Crippen molar-refractivity contribution in [3.8, 4) is 0 Å². The van der Waals surface area contributed by atoms with Gasteiger partial charge in [-0.2, -0.15) is 0 Å². The fraction of sp³-hybridized carbons (Fsp3) is 0.250. The summed E-state index contributed by atoms with van der Waals surface area (Å²) in [6.45, 7) is 2.60. The molecule has 0 heterocycles. The standard InChI is InChI=1S/C20H21BrN2O3/c1-14-2-4-15(5-3-14)18(24)10-11-19(25)22-12-13-23-20(26)16-6-8-17(21)9-7-16/h2-9H,10-13H2,1H3,(H,22,25)(H,23,26). The molecule has 2 aromatic rings. The van der Waals surface area contributed by atoms with Gasteiger partial charge in [-0.15, -0.1) is 0 Å². The third-order valence-corrected chi connectivity index (χ3v) is 4.32. The largest absolute Gasteiger partial charge is 0.354 e. The van der Waals surface area contributed by atoms with Crippen molar-refractivity contribution in [1.82, 2.24) is 10.6 Å². The summed E-state index contributed by atoms with van der Waals surface area (Å²) in [7, 11) is 0. The number of ketones is 1. The van der Waals surface area contributed by atoms with Gasteiger partial charge in [0.2, 0.25) is 5.91 Å². The maximum absolute atomic E-state index is 12.0. The van der Waals surface area contributed by atoms with Crippen molar-refractivity contribution in [2.45, 2.75) is 19.8 Å². The Bertz CT molecular complexity index is 771. The molecule has 2 amide bonds. The van der Waals surface area contributed by atoms with E-state index in [4.69, 9.17) is 0 Å². The van der Waals surface area contributed by atoms with Crippen molar-refractivity contribution in [2.24, 2.45) is 0 Å². The maximum atomic E-state index is 12.0. The molecule has 0 aromatic heterocycles. The van der Waals surface area contributed by atoms with E-state index < -0.39 is 0 Å². The summed E-state index contributed by atoms with van der Waals surface area (Å²) in [6.07, 6.45) is 0.299. The number of carbonyl (C=O) groups excluding carboxylic acids is 3. The van der Waals surface area contributed by atoms with Crippen LogP contribution in [0.5, 0.6) is 0 Å². The van der Waals surface area contributed by atoms with Crippen molar-refractivity contribution in [3.05, 3.63) is 69.7 Å². The number of halogens is 1. The second-order valence-electron chi connectivity index (χ2n) is 5.90. The van der Waals surface area contributed by atoms with E-state index in [0.717, 1.165) is 10.0 Å². The smallest absolute Gasteiger partial charge is 0.251 e. The van der Waals surface area contributed by atoms with Crippen LogP contribution < -0.4 is 10.6 Å². The van der Waals surface area contributed by atoms with E-state index in [-0.39, 0.29) is 30.4 Å². The number of rotatable bonds is 8. The van der Waals surface area contributed by atoms with Crippen LogP contribution in [0.1, 0.15) is 39.1 Å². The molecular formula is C20H21BrN2O3. The molecule has 0 radical (unpaired) electrons. The summed E-state index contributed by atoms with van der Waals surface area (Å²) >= 11 is 3.31. The van der Waals surface area contributed by atoms with E-state index in [1.165, 1.54) is 0 Å². The van der Waals surface area contributed by atoms with Gasteiger partial charge < -0.3 is 10.6 Å². The molecule has 26 heavy (non-hydrogen) atoms. The van der Waals surface area contributed by atoms with Gasteiger partial charge in [0.05, 0.1) is 0 Å². The van der Waals surface area contributed by atoms with Crippen molar-refractivity contribution in [1.29, 1.82) is 0 Å². The van der Waals surface area contributed by atoms with Crippen molar-refractivity contribution in [3.63, 3.8) is 0 Å². The summed E-state index contributed by atoms with van der Waals surface area (Å²) in [6, 6.07) is 14.3. The number of hydrogen-bond acceptors (Lipinski definition) is 3. The molecule has 136 valence electrons. The summed E-state index contributed by atoms with van der Waals surface area (Å²) in [5.41, 5.74) is 2.26. The fourth-order valence-corrected chi connectivity index (χ4v) is 2.54. The summed E-state index contributed by atoms with van der Waals surface area (Å²) in [4.78, 5) is 35.7. The molecule has 0 aliphatic carbocycles. The highest BCUT2D eigenvalue weighted by atomic mass is 79.9. The molecular weight excluding hydrogens is 396 g/mol. The van der Waals surface area contributed by atoms with Crippen LogP contribution in [-0.4, -0.2) is 30.7 Å². The Balaban J connectivity index is 1.64. The van der Waals surface area contributed by atoms with E-state index in [1.807, 2.05) is 19.1 Å². The molecule has 0 spiro atoms. The van der Waals surface area contributed by atoms with Gasteiger partial charge in [0.15, 0.2) is 5.78 Å². The first-order valence-corrected chi connectivity index (χ1v) is 9.15. The normalized spacial score (nSPS) is 10.2. The van der Waals surface area contributed by atoms with E-state index in [2.05, 4.69) is 26.6 Å². The van der Waals surface area contributed by atoms with Crippen LogP contribution in [0, 0.1) is 6.92 Å². The summed E-state index contributed by atoms with van der Waals surface area (Å²) < 4.78 is 0.904. The Morgan fingerprint density at radius 1 is 0.808 bits per heavy atom. The Hall–Kier alpha value is -2.47. The highest BCUT2D eigenvalue weighted by Gasteiger charge is 2.09. The number of nitrogens with one attached hydrogen (secondary N) is 2. The van der Waals surface area contributed by atoms with Crippen LogP contribution in [0.2, 0.25) is 0 Å². The Kier molecular flexibility index (Phi) is 7.53. The van der Waals surface area contributed by atoms with Gasteiger partial charge >= 0.3 is 0 Å². The summed E-state index contributed by atoms with van der Waals surface area (Å²) in [5.74, 6) is -0.451. The first-order chi connectivity index (χ1) is 12.5. The van der Waals surface area contributed by atoms with E-state index in [1.54, 1.807) is 36.4 Å². The molecule has 0 atom stereocenters. The second kappa shape index (κ2) is 9.87. The molecule has 2 rings (SSSR count). The van der Waals surface area contributed by atoms with E-state index >= 15 is 0 Å². The number of hydrogen-bond donors (Lipinski definition) is 2. The van der Waals surface area contributed by atoms with E-state index in [0.29, 0.717) is 24.2 Å². The lowest BCUT2D eigenvalue weighted by molar-refractivity contribution is -0.121. The van der Waals surface area contributed by atoms with Crippen molar-refractivity contribution in [2.75, 3.05) is 13.1 Å². The van der Waals surface area contributed by atoms with Crippen molar-refractivity contribution < 1.29 is 14.4 Å². The minimum atomic E-state index is -0.205. The molecule has 5 nitrogen and oxygen atoms in total. The number of benzene rings is 2. The lowest BCUT2D eigenvalue weighted by Gasteiger charge is -2.07. The topological polar surface area (TPSA) is 75.3 Å². The van der Waals surface area contributed by atoms with Gasteiger partial charge in [-0.25, -0.2) is 0 Å². The zero-order chi connectivity index (χ0) is 18.9. The van der Waals surface area contributed by atoms with Crippen molar-refractivity contribution >= 4 is 33.5 Å². The van der Waals surface area contributed by atoms with Gasteiger partial charge in [-0.3, -0.25) is 14.4 Å². The molecule has 0 unspecified atom stereocenters. The Labute approximate surface area is 161 Å². The monoisotopic (exact) mass is 416 g/mol. The highest BCUT2D eigenvalue weighted by Crippen LogP contribution is 2.10. The van der Waals surface area contributed by atoms with Crippen LogP contribution in [0.25, 0.3) is 0 Å². The lowest BCUT2D eigenvalue weighted by atomic mass is 10.1. The quantitative estimate of drug-likeness (QED) is 0.512. The fourth-order valence-electron chi connectivity index (χ4n) is 2.28. The molecule has 0 saturated heterocycles. The molecule has 2 N–H and O–H groups in total. The number of aryl methyl sites for hydroxylation is 1. The summed E-state index contributed by atoms with van der Waals surface area (Å²) in [5, 5.41) is 5.44. The average Bonchev–Trinajstić information content (AvgIpc) is 2.64. The number of Topliss-reactive ketones (excluding diaryl/α,β-unsaturated/α-hetero) is 1. The van der Waals surface area contributed by atoms with Gasteiger partial charge in [0.1, 0.15) is 0 Å². The zero-order valence-corrected chi connectivity index (χ0v) is 16.1. The molecule has 0 fully saturated rings. The molecule has 0 aliphatic heterocycles. The minimum absolute atomic E-state index is 0.0521. The van der Waals surface area contributed by atoms with Gasteiger partial charge in [-0.05, 0) is 31.2 Å². The SMILES string of the molecule is Cc1ccc(C(=O)CCC(=O)NCCNC(=O)c2ccc(Br)cc2)cc1. The maximum Gasteiger partial charge on any atom is 0.251 e. The van der Waals surface area contributed by atoms with Crippen LogP contribution >= 0.6 is 15.9 Å². The average molecular weight is 417 g/mol. The van der Waals surface area contributed by atoms with E-state index in [9.17, 15) is 14.4 Å². The first-order valence-electron chi connectivity index (χ1n) is 8.36. The van der Waals surface area contributed by atoms with Crippen LogP contribution in [0.4, 0.5) is 0 Å². The zero-order valence-electron chi connectivity index (χ0n) is 14.5. The van der Waals surface area contributed by atoms with Crippen LogP contribution in [0.3, 0.4) is 0 Å². The second-order valence-corrected chi connectivity index (χ2v) is 6.82. The predicted octanol–water partition coefficient (Wildman–Crippen LogP) is 3.27. The van der Waals surface area contributed by atoms with Gasteiger partial charge in [0.25, 0.3) is 5.91 Å². The van der Waals surface area contributed by atoms with Crippen LogP contribution in [-0.2, 0) is 4.79 Å². The first kappa shape index (κ1) is 19.8. The van der Waals surface area contributed by atoms with Gasteiger partial charge in [0, 0.05) is 41.5 Å². The molecule has 6 heteroatoms. The molecule has 0 saturated carbocycles. The predicted molar refractivity (Wildman–Crippen MR) is 104 cm³/mol. The lowest BCUT2D eigenvalue weighted by Crippen LogP contribution is -2.34. The third kappa shape index (κ3) is 6.44. The number of carbonyl (C=O) groups is 3. The van der Waals surface area contributed by atoms with Gasteiger partial charge in [-0.1, -0.05) is 45.8 Å². The third-order valence-electron chi connectivity index (χ3n) is 3.79. The molecule has 0 bridgehead atoms. The minimum Gasteiger partial charge on any atom is -0.354 e.